The van der Waals surface area contributed by atoms with Crippen molar-refractivity contribution in [2.45, 2.75) is 51.4 Å². The van der Waals surface area contributed by atoms with Gasteiger partial charge < -0.3 is 0 Å². The molecule has 2 heterocycles. The van der Waals surface area contributed by atoms with Crippen LogP contribution in [0, 0.1) is 0 Å². The molecule has 2 unspecified atom stereocenters. The summed E-state index contributed by atoms with van der Waals surface area (Å²) < 4.78 is 11.2. The summed E-state index contributed by atoms with van der Waals surface area (Å²) in [5.74, 6) is -1.39. The van der Waals surface area contributed by atoms with E-state index in [1.54, 1.807) is 22.7 Å². The molecular formula is C30H30AlO4S2+. The van der Waals surface area contributed by atoms with Crippen LogP contribution in [0.15, 0.2) is 83.6 Å². The van der Waals surface area contributed by atoms with E-state index in [-0.39, 0.29) is 23.8 Å². The Hall–Kier alpha value is -2.69. The van der Waals surface area contributed by atoms with E-state index < -0.39 is 15.9 Å². The first-order valence-electron chi connectivity index (χ1n) is 12.6. The predicted octanol–water partition coefficient (Wildman–Crippen LogP) is 8.23. The molecule has 0 N–H and O–H groups in total. The molecule has 0 aliphatic carbocycles. The van der Waals surface area contributed by atoms with Gasteiger partial charge in [0.2, 0.25) is 0 Å². The number of carbonyl (C=O) groups excluding carboxylic acids is 2. The second kappa shape index (κ2) is 13.7. The number of hydrogen-bond donors (Lipinski definition) is 0. The van der Waals surface area contributed by atoms with Gasteiger partial charge in [-0.05, 0) is 0 Å². The number of benzene rings is 2. The Labute approximate surface area is 233 Å². The van der Waals surface area contributed by atoms with Crippen molar-refractivity contribution in [3.05, 3.63) is 93.3 Å². The molecule has 0 bridgehead atoms. The van der Waals surface area contributed by atoms with Crippen LogP contribution in [0.25, 0.3) is 22.3 Å². The van der Waals surface area contributed by atoms with Crippen molar-refractivity contribution >= 4 is 50.5 Å². The number of carbonyl (C=O) groups is 2. The average Bonchev–Trinajstić information content (AvgIpc) is 3.61. The molecule has 4 rings (SSSR count). The minimum absolute atomic E-state index is 0.322. The van der Waals surface area contributed by atoms with Crippen LogP contribution in [0.3, 0.4) is 0 Å². The van der Waals surface area contributed by atoms with Crippen LogP contribution in [-0.4, -0.2) is 27.8 Å². The second-order valence-corrected chi connectivity index (χ2v) is 11.3. The first-order valence-corrected chi connectivity index (χ1v) is 15.3. The van der Waals surface area contributed by atoms with E-state index in [1.165, 1.54) is 0 Å². The zero-order chi connectivity index (χ0) is 26.0. The van der Waals surface area contributed by atoms with Crippen LogP contribution in [0.2, 0.25) is 0 Å². The maximum absolute atomic E-state index is 13.2. The zero-order valence-corrected chi connectivity index (χ0v) is 23.9. The van der Waals surface area contributed by atoms with Crippen molar-refractivity contribution in [2.24, 2.45) is 0 Å². The van der Waals surface area contributed by atoms with Crippen molar-refractivity contribution in [2.75, 3.05) is 0 Å². The van der Waals surface area contributed by atoms with Gasteiger partial charge in [-0.25, -0.2) is 0 Å². The van der Waals surface area contributed by atoms with Gasteiger partial charge in [-0.3, -0.25) is 0 Å². The molecule has 0 saturated carbocycles. The summed E-state index contributed by atoms with van der Waals surface area (Å²) in [6.45, 7) is 4.12. The average molecular weight is 546 g/mol. The first kappa shape index (κ1) is 27.4. The third-order valence-corrected chi connectivity index (χ3v) is 8.96. The zero-order valence-electron chi connectivity index (χ0n) is 21.1. The third kappa shape index (κ3) is 6.80. The van der Waals surface area contributed by atoms with Gasteiger partial charge in [0.05, 0.1) is 0 Å². The molecule has 0 radical (unpaired) electrons. The van der Waals surface area contributed by atoms with E-state index in [9.17, 15) is 9.59 Å². The van der Waals surface area contributed by atoms with Gasteiger partial charge in [0.1, 0.15) is 0 Å². The van der Waals surface area contributed by atoms with E-state index in [2.05, 4.69) is 50.2 Å². The van der Waals surface area contributed by atoms with Gasteiger partial charge in [0, 0.05) is 0 Å². The monoisotopic (exact) mass is 545 g/mol. The number of thiophene rings is 2. The van der Waals surface area contributed by atoms with Crippen LogP contribution in [0.4, 0.5) is 0 Å². The molecule has 0 aliphatic rings. The summed E-state index contributed by atoms with van der Waals surface area (Å²) in [4.78, 5) is 28.3. The van der Waals surface area contributed by atoms with Gasteiger partial charge in [-0.1, -0.05) is 0 Å². The Balaban J connectivity index is 1.43. The summed E-state index contributed by atoms with van der Waals surface area (Å²) in [7, 11) is 0. The molecule has 4 nitrogen and oxygen atoms in total. The van der Waals surface area contributed by atoms with Crippen LogP contribution >= 0.6 is 22.7 Å². The molecule has 0 spiro atoms. The van der Waals surface area contributed by atoms with Crippen LogP contribution in [0.1, 0.15) is 61.1 Å². The Morgan fingerprint density at radius 3 is 1.46 bits per heavy atom. The molecule has 0 fully saturated rings. The van der Waals surface area contributed by atoms with Crippen molar-refractivity contribution in [3.8, 4) is 22.3 Å². The molecule has 2 aromatic heterocycles. The van der Waals surface area contributed by atoms with E-state index in [0.29, 0.717) is 12.8 Å². The molecule has 0 aliphatic heterocycles. The van der Waals surface area contributed by atoms with Gasteiger partial charge in [0.15, 0.2) is 0 Å². The Kier molecular flexibility index (Phi) is 10.2. The molecule has 2 atom stereocenters. The molecule has 4 aromatic rings. The van der Waals surface area contributed by atoms with Crippen molar-refractivity contribution in [3.63, 3.8) is 0 Å². The van der Waals surface area contributed by atoms with Crippen LogP contribution in [0.5, 0.6) is 0 Å². The molecule has 37 heavy (non-hydrogen) atoms. The molecule has 188 valence electrons. The van der Waals surface area contributed by atoms with E-state index in [4.69, 9.17) is 7.58 Å². The van der Waals surface area contributed by atoms with Gasteiger partial charge in [0.25, 0.3) is 0 Å². The van der Waals surface area contributed by atoms with E-state index in [0.717, 1.165) is 44.8 Å². The van der Waals surface area contributed by atoms with Crippen molar-refractivity contribution in [1.29, 1.82) is 0 Å². The van der Waals surface area contributed by atoms with Crippen molar-refractivity contribution < 1.29 is 17.2 Å². The Morgan fingerprint density at radius 1 is 0.676 bits per heavy atom. The minimum atomic E-state index is -1.24. The second-order valence-electron chi connectivity index (χ2n) is 8.78. The topological polar surface area (TPSA) is 52.6 Å². The maximum atomic E-state index is 13.2. The van der Waals surface area contributed by atoms with Crippen molar-refractivity contribution in [1.82, 2.24) is 0 Å². The fraction of sp³-hybridized carbons (Fsp3) is 0.267. The third-order valence-electron chi connectivity index (χ3n) is 6.25. The normalized spacial score (nSPS) is 12.4. The SMILES string of the molecule is CCCC(C(=O)[O][Al+][O]C(=O)C(CCC)c1sccc1-c1ccccc1)c1sccc1-c1ccccc1. The summed E-state index contributed by atoms with van der Waals surface area (Å²) >= 11 is 1.90. The van der Waals surface area contributed by atoms with Gasteiger partial charge >= 0.3 is 235 Å². The summed E-state index contributed by atoms with van der Waals surface area (Å²) in [6.07, 6.45) is 3.06. The summed E-state index contributed by atoms with van der Waals surface area (Å²) in [6, 6.07) is 24.3. The molecule has 0 amide bonds. The summed E-state index contributed by atoms with van der Waals surface area (Å²) in [5.41, 5.74) is 4.28. The molecular weight excluding hydrogens is 515 g/mol. The molecule has 0 saturated heterocycles. The fourth-order valence-corrected chi connectivity index (χ4v) is 7.12. The van der Waals surface area contributed by atoms with Gasteiger partial charge in [-0.2, -0.15) is 0 Å². The molecule has 7 heteroatoms. The molecule has 2 aromatic carbocycles. The van der Waals surface area contributed by atoms with Gasteiger partial charge in [-0.15, -0.1) is 0 Å². The summed E-state index contributed by atoms with van der Waals surface area (Å²) in [5, 5.41) is 4.03. The quantitative estimate of drug-likeness (QED) is 0.168. The van der Waals surface area contributed by atoms with Crippen LogP contribution in [-0.2, 0) is 17.2 Å². The Morgan fingerprint density at radius 2 is 1.08 bits per heavy atom. The van der Waals surface area contributed by atoms with Crippen LogP contribution < -0.4 is 0 Å². The standard InChI is InChI=1S/2C15H16O2S.Al/c2*1-2-6-13(15(16)17)14-12(9-10-18-14)11-7-4-3-5-8-11;/h2*3-5,7-10,13H,2,6H2,1H3,(H,16,17);/q;;+3/p-2. The van der Waals surface area contributed by atoms with E-state index >= 15 is 0 Å². The predicted molar refractivity (Wildman–Crippen MR) is 153 cm³/mol. The van der Waals surface area contributed by atoms with E-state index in [1.807, 2.05) is 47.2 Å². The fourth-order valence-electron chi connectivity index (χ4n) is 4.47. The number of hydrogen-bond acceptors (Lipinski definition) is 6. The first-order chi connectivity index (χ1) is 18.1. The Bertz CT molecular complexity index is 1180. The number of rotatable bonds is 12.